The molecule has 0 N–H and O–H groups in total. The van der Waals surface area contributed by atoms with Gasteiger partial charge in [0.2, 0.25) is 0 Å². The van der Waals surface area contributed by atoms with E-state index in [1.807, 2.05) is 19.1 Å². The Kier molecular flexibility index (Phi) is 4.43. The molecular weight excluding hydrogens is 445 g/mol. The second-order valence-corrected chi connectivity index (χ2v) is 23.0. The van der Waals surface area contributed by atoms with Gasteiger partial charge in [-0.05, 0) is 0 Å². The van der Waals surface area contributed by atoms with E-state index in [0.717, 1.165) is 10.0 Å². The summed E-state index contributed by atoms with van der Waals surface area (Å²) in [7, 11) is -3.50. The third-order valence-corrected chi connectivity index (χ3v) is 12.2. The van der Waals surface area contributed by atoms with E-state index in [2.05, 4.69) is 30.7 Å². The molecule has 0 aliphatic heterocycles. The zero-order valence-corrected chi connectivity index (χ0v) is 17.3. The van der Waals surface area contributed by atoms with Crippen LogP contribution in [0.5, 0.6) is 0 Å². The summed E-state index contributed by atoms with van der Waals surface area (Å²) in [6.07, 6.45) is 3.43. The van der Waals surface area contributed by atoms with Crippen LogP contribution in [0, 0.1) is 6.92 Å². The first-order valence-corrected chi connectivity index (χ1v) is 18.5. The van der Waals surface area contributed by atoms with E-state index in [4.69, 9.17) is 0 Å². The first-order valence-electron chi connectivity index (χ1n) is 6.32. The van der Waals surface area contributed by atoms with Gasteiger partial charge in [-0.3, -0.25) is 0 Å². The van der Waals surface area contributed by atoms with Gasteiger partial charge < -0.3 is 0 Å². The molecule has 0 radical (unpaired) electrons. The van der Waals surface area contributed by atoms with Crippen molar-refractivity contribution >= 4 is 47.9 Å². The first kappa shape index (κ1) is 16.1. The number of nitrogens with zero attached hydrogens (tertiary/aromatic N) is 1. The van der Waals surface area contributed by atoms with Crippen LogP contribution >= 0.6 is 15.9 Å². The molecule has 0 saturated heterocycles. The van der Waals surface area contributed by atoms with Crippen molar-refractivity contribution in [2.75, 3.05) is 0 Å². The molecule has 2 aromatic rings. The van der Waals surface area contributed by atoms with E-state index < -0.39 is 28.4 Å². The van der Waals surface area contributed by atoms with Gasteiger partial charge in [-0.25, -0.2) is 0 Å². The average molecular weight is 463 g/mol. The van der Waals surface area contributed by atoms with Gasteiger partial charge in [0.1, 0.15) is 0 Å². The van der Waals surface area contributed by atoms with Crippen LogP contribution in [0.1, 0.15) is 5.56 Å². The molecule has 0 amide bonds. The van der Waals surface area contributed by atoms with Gasteiger partial charge in [0.25, 0.3) is 0 Å². The average Bonchev–Trinajstić information content (AvgIpc) is 2.72. The van der Waals surface area contributed by atoms with Crippen LogP contribution < -0.4 is 3.58 Å². The molecule has 1 aromatic heterocycles. The Balaban J connectivity index is 2.53. The number of rotatable bonds is 3. The Labute approximate surface area is 133 Å². The molecule has 0 unspecified atom stereocenters. The van der Waals surface area contributed by atoms with Gasteiger partial charge in [0, 0.05) is 0 Å². The summed E-state index contributed by atoms with van der Waals surface area (Å²) in [6, 6.07) is 6.93. The Bertz CT molecular complexity index is 728. The predicted molar refractivity (Wildman–Crippen MR) is 88.9 cm³/mol. The molecule has 0 saturated carbocycles. The van der Waals surface area contributed by atoms with Crippen molar-refractivity contribution in [3.8, 4) is 0 Å². The van der Waals surface area contributed by atoms with Crippen LogP contribution in [-0.4, -0.2) is 30.8 Å². The Morgan fingerprint density at radius 1 is 1.05 bits per heavy atom. The second kappa shape index (κ2) is 5.50. The van der Waals surface area contributed by atoms with E-state index in [0.29, 0.717) is 4.90 Å². The van der Waals surface area contributed by atoms with E-state index in [1.165, 1.54) is 7.55 Å². The number of aromatic nitrogens is 1. The summed E-state index contributed by atoms with van der Waals surface area (Å²) in [6.45, 7) is 1.94. The second-order valence-electron chi connectivity index (χ2n) is 5.92. The van der Waals surface area contributed by atoms with Gasteiger partial charge in [-0.1, -0.05) is 0 Å². The van der Waals surface area contributed by atoms with Gasteiger partial charge in [0.15, 0.2) is 0 Å². The first-order chi connectivity index (χ1) is 9.12. The third-order valence-electron chi connectivity index (χ3n) is 3.16. The van der Waals surface area contributed by atoms with Crippen molar-refractivity contribution in [2.24, 2.45) is 0 Å². The molecule has 1 heterocycles. The number of hydrogen-bond acceptors (Lipinski definition) is 2. The SMILES string of the molecule is Cc1ccc(S(=O)(=O)n2cc(Br)[c]([Sn]([CH3])([CH3])[CH3])c2)cc1. The van der Waals surface area contributed by atoms with Crippen LogP contribution in [0.3, 0.4) is 0 Å². The van der Waals surface area contributed by atoms with E-state index in [1.54, 1.807) is 24.5 Å². The predicted octanol–water partition coefficient (Wildman–Crippen LogP) is 3.34. The zero-order chi connectivity index (χ0) is 15.1. The maximum atomic E-state index is 12.6. The number of aryl methyl sites for hydroxylation is 1. The minimum absolute atomic E-state index is 0.321. The minimum atomic E-state index is -3.50. The summed E-state index contributed by atoms with van der Waals surface area (Å²) in [5.41, 5.74) is 1.05. The van der Waals surface area contributed by atoms with E-state index >= 15 is 0 Å². The van der Waals surface area contributed by atoms with Gasteiger partial charge in [0.05, 0.1) is 0 Å². The molecule has 108 valence electrons. The van der Waals surface area contributed by atoms with Gasteiger partial charge >= 0.3 is 134 Å². The Hall–Kier alpha value is -0.271. The van der Waals surface area contributed by atoms with E-state index in [-0.39, 0.29) is 0 Å². The topological polar surface area (TPSA) is 39.1 Å². The number of benzene rings is 1. The molecular formula is C14H18BrNO2SSn. The third kappa shape index (κ3) is 3.14. The molecule has 0 aliphatic rings. The van der Waals surface area contributed by atoms with Crippen molar-refractivity contribution in [1.82, 2.24) is 3.97 Å². The van der Waals surface area contributed by atoms with Crippen molar-refractivity contribution in [1.29, 1.82) is 0 Å². The van der Waals surface area contributed by atoms with Crippen LogP contribution in [-0.2, 0) is 10.0 Å². The molecule has 0 spiro atoms. The van der Waals surface area contributed by atoms with E-state index in [9.17, 15) is 8.42 Å². The van der Waals surface area contributed by atoms with Crippen molar-refractivity contribution < 1.29 is 8.42 Å². The van der Waals surface area contributed by atoms with Crippen molar-refractivity contribution in [3.63, 3.8) is 0 Å². The van der Waals surface area contributed by atoms with Crippen LogP contribution in [0.25, 0.3) is 0 Å². The molecule has 0 atom stereocenters. The number of halogens is 1. The Morgan fingerprint density at radius 3 is 2.05 bits per heavy atom. The summed E-state index contributed by atoms with van der Waals surface area (Å²) in [5.74, 6) is 0. The summed E-state index contributed by atoms with van der Waals surface area (Å²) in [4.78, 5) is 7.11. The fourth-order valence-corrected chi connectivity index (χ4v) is 11.6. The monoisotopic (exact) mass is 463 g/mol. The molecule has 20 heavy (non-hydrogen) atoms. The summed E-state index contributed by atoms with van der Waals surface area (Å²) >= 11 is 1.17. The summed E-state index contributed by atoms with van der Waals surface area (Å²) in [5, 5.41) is 0. The Morgan fingerprint density at radius 2 is 1.60 bits per heavy atom. The van der Waals surface area contributed by atoms with Crippen LogP contribution in [0.15, 0.2) is 46.0 Å². The molecule has 0 bridgehead atoms. The fraction of sp³-hybridized carbons (Fsp3) is 0.286. The van der Waals surface area contributed by atoms with Gasteiger partial charge in [-0.15, -0.1) is 0 Å². The molecule has 6 heteroatoms. The zero-order valence-electron chi connectivity index (χ0n) is 12.0. The molecule has 3 nitrogen and oxygen atoms in total. The maximum absolute atomic E-state index is 12.6. The molecule has 0 fully saturated rings. The normalized spacial score (nSPS) is 12.7. The quantitative estimate of drug-likeness (QED) is 0.656. The summed E-state index contributed by atoms with van der Waals surface area (Å²) < 4.78 is 28.6. The molecule has 1 aromatic carbocycles. The van der Waals surface area contributed by atoms with Crippen molar-refractivity contribution in [3.05, 3.63) is 46.7 Å². The standard InChI is InChI=1S/C11H9BrNO2S.3CH3.Sn/c1-9-2-4-11(5-3-9)16(14,15)13-7-6-10(12)8-13;;;;/h2-5,7-8H,1H3;3*1H3;. The molecule has 2 rings (SSSR count). The fourth-order valence-electron chi connectivity index (χ4n) is 1.93. The van der Waals surface area contributed by atoms with Crippen LogP contribution in [0.2, 0.25) is 14.8 Å². The molecule has 0 aliphatic carbocycles. The van der Waals surface area contributed by atoms with Crippen LogP contribution in [0.4, 0.5) is 0 Å². The van der Waals surface area contributed by atoms with Gasteiger partial charge in [-0.2, -0.15) is 0 Å². The van der Waals surface area contributed by atoms with Crippen molar-refractivity contribution in [2.45, 2.75) is 26.6 Å². The number of hydrogen-bond donors (Lipinski definition) is 0.